The van der Waals surface area contributed by atoms with Crippen LogP contribution in [0.1, 0.15) is 11.1 Å². The quantitative estimate of drug-likeness (QED) is 0.796. The second kappa shape index (κ2) is 6.89. The van der Waals surface area contributed by atoms with Crippen LogP contribution in [-0.2, 0) is 18.4 Å². The molecule has 6 heteroatoms. The molecular weight excluding hydrogens is 285 g/mol. The van der Waals surface area contributed by atoms with Crippen LogP contribution in [0.5, 0.6) is 5.75 Å². The average molecular weight is 303 g/mol. The van der Waals surface area contributed by atoms with E-state index >= 15 is 0 Å². The van der Waals surface area contributed by atoms with E-state index in [4.69, 9.17) is 4.74 Å². The number of halogens is 1. The van der Waals surface area contributed by atoms with Gasteiger partial charge in [0.05, 0.1) is 13.3 Å². The number of nitrogens with zero attached hydrogens (tertiary/aromatic N) is 3. The first-order chi connectivity index (χ1) is 10.5. The van der Waals surface area contributed by atoms with Gasteiger partial charge >= 0.3 is 0 Å². The highest BCUT2D eigenvalue weighted by Gasteiger charge is 2.09. The van der Waals surface area contributed by atoms with Crippen LogP contribution in [0.4, 0.5) is 4.39 Å². The van der Waals surface area contributed by atoms with E-state index in [0.29, 0.717) is 12.1 Å². The van der Waals surface area contributed by atoms with Crippen molar-refractivity contribution in [3.05, 3.63) is 53.6 Å². The van der Waals surface area contributed by atoms with Crippen LogP contribution in [-0.4, -0.2) is 34.7 Å². The van der Waals surface area contributed by atoms with Crippen LogP contribution in [0.25, 0.3) is 6.08 Å². The maximum Gasteiger partial charge on any atom is 0.246 e. The van der Waals surface area contributed by atoms with E-state index in [9.17, 15) is 9.18 Å². The van der Waals surface area contributed by atoms with Crippen molar-refractivity contribution in [1.82, 2.24) is 14.7 Å². The van der Waals surface area contributed by atoms with Crippen molar-refractivity contribution in [2.45, 2.75) is 6.54 Å². The van der Waals surface area contributed by atoms with Crippen molar-refractivity contribution in [2.24, 2.45) is 7.05 Å². The standard InChI is InChI=1S/C16H18FN3O2/c1-19(10-12-4-6-15(22-3)14(17)8-12)16(21)7-5-13-9-18-20(2)11-13/h4-9,11H,10H2,1-3H3/b7-5+. The van der Waals surface area contributed by atoms with Gasteiger partial charge in [0.2, 0.25) is 5.91 Å². The van der Waals surface area contributed by atoms with E-state index in [2.05, 4.69) is 5.10 Å². The Morgan fingerprint density at radius 3 is 2.86 bits per heavy atom. The lowest BCUT2D eigenvalue weighted by molar-refractivity contribution is -0.125. The Morgan fingerprint density at radius 1 is 1.50 bits per heavy atom. The zero-order valence-electron chi connectivity index (χ0n) is 12.8. The Hall–Kier alpha value is -2.63. The highest BCUT2D eigenvalue weighted by atomic mass is 19.1. The molecule has 0 spiro atoms. The van der Waals surface area contributed by atoms with Crippen LogP contribution >= 0.6 is 0 Å². The summed E-state index contributed by atoms with van der Waals surface area (Å²) in [6, 6.07) is 4.65. The summed E-state index contributed by atoms with van der Waals surface area (Å²) in [5.41, 5.74) is 1.55. The number of aromatic nitrogens is 2. The molecule has 0 fully saturated rings. The maximum absolute atomic E-state index is 13.6. The minimum absolute atomic E-state index is 0.167. The molecule has 1 heterocycles. The molecule has 0 atom stereocenters. The Bertz CT molecular complexity index is 694. The summed E-state index contributed by atoms with van der Waals surface area (Å²) in [4.78, 5) is 13.5. The van der Waals surface area contributed by atoms with Crippen molar-refractivity contribution >= 4 is 12.0 Å². The van der Waals surface area contributed by atoms with Gasteiger partial charge in [-0.3, -0.25) is 9.48 Å². The fourth-order valence-corrected chi connectivity index (χ4v) is 1.98. The fraction of sp³-hybridized carbons (Fsp3) is 0.250. The lowest BCUT2D eigenvalue weighted by Gasteiger charge is -2.15. The molecule has 1 amide bonds. The first-order valence-electron chi connectivity index (χ1n) is 6.74. The van der Waals surface area contributed by atoms with Gasteiger partial charge in [-0.05, 0) is 23.8 Å². The predicted octanol–water partition coefficient (Wildman–Crippen LogP) is 2.24. The van der Waals surface area contributed by atoms with Crippen LogP contribution < -0.4 is 4.74 Å². The molecule has 0 aliphatic heterocycles. The Labute approximate surface area is 128 Å². The van der Waals surface area contributed by atoms with Crippen molar-refractivity contribution < 1.29 is 13.9 Å². The summed E-state index contributed by atoms with van der Waals surface area (Å²) >= 11 is 0. The molecule has 116 valence electrons. The van der Waals surface area contributed by atoms with Gasteiger partial charge in [0.25, 0.3) is 0 Å². The van der Waals surface area contributed by atoms with Crippen LogP contribution in [0, 0.1) is 5.82 Å². The van der Waals surface area contributed by atoms with Gasteiger partial charge < -0.3 is 9.64 Å². The minimum Gasteiger partial charge on any atom is -0.494 e. The number of carbonyl (C=O) groups excluding carboxylic acids is 1. The highest BCUT2D eigenvalue weighted by molar-refractivity contribution is 5.91. The first kappa shape index (κ1) is 15.8. The number of benzene rings is 1. The number of ether oxygens (including phenoxy) is 1. The monoisotopic (exact) mass is 303 g/mol. The van der Waals surface area contributed by atoms with E-state index in [1.54, 1.807) is 36.1 Å². The van der Waals surface area contributed by atoms with Crippen LogP contribution in [0.2, 0.25) is 0 Å². The van der Waals surface area contributed by atoms with Crippen molar-refractivity contribution in [2.75, 3.05) is 14.2 Å². The Balaban J connectivity index is 1.99. The summed E-state index contributed by atoms with van der Waals surface area (Å²) in [7, 11) is 4.89. The van der Waals surface area contributed by atoms with Crippen molar-refractivity contribution in [1.29, 1.82) is 0 Å². The number of methoxy groups -OCH3 is 1. The van der Waals surface area contributed by atoms with Gasteiger partial charge in [0, 0.05) is 38.5 Å². The van der Waals surface area contributed by atoms with Gasteiger partial charge in [0.15, 0.2) is 11.6 Å². The molecule has 0 radical (unpaired) electrons. The van der Waals surface area contributed by atoms with Gasteiger partial charge in [-0.25, -0.2) is 4.39 Å². The topological polar surface area (TPSA) is 47.4 Å². The van der Waals surface area contributed by atoms with E-state index in [1.807, 2.05) is 13.2 Å². The van der Waals surface area contributed by atoms with E-state index in [1.165, 1.54) is 24.2 Å². The molecule has 0 saturated carbocycles. The van der Waals surface area contributed by atoms with Gasteiger partial charge in [-0.1, -0.05) is 6.07 Å². The first-order valence-corrected chi connectivity index (χ1v) is 6.74. The highest BCUT2D eigenvalue weighted by Crippen LogP contribution is 2.18. The summed E-state index contributed by atoms with van der Waals surface area (Å²) in [6.45, 7) is 0.317. The van der Waals surface area contributed by atoms with Gasteiger partial charge in [0.1, 0.15) is 0 Å². The van der Waals surface area contributed by atoms with E-state index in [-0.39, 0.29) is 11.7 Å². The average Bonchev–Trinajstić information content (AvgIpc) is 2.90. The molecule has 1 aromatic carbocycles. The molecule has 2 aromatic rings. The lowest BCUT2D eigenvalue weighted by atomic mass is 10.2. The molecule has 0 saturated heterocycles. The minimum atomic E-state index is -0.438. The molecule has 0 bridgehead atoms. The molecule has 0 aliphatic carbocycles. The second-order valence-electron chi connectivity index (χ2n) is 4.94. The fourth-order valence-electron chi connectivity index (χ4n) is 1.98. The summed E-state index contributed by atoms with van der Waals surface area (Å²) in [5, 5.41) is 4.02. The molecule has 0 unspecified atom stereocenters. The number of rotatable bonds is 5. The van der Waals surface area contributed by atoms with Crippen molar-refractivity contribution in [3.63, 3.8) is 0 Å². The van der Waals surface area contributed by atoms with Crippen LogP contribution in [0.15, 0.2) is 36.7 Å². The zero-order chi connectivity index (χ0) is 16.1. The number of aryl methyl sites for hydroxylation is 1. The van der Waals surface area contributed by atoms with Gasteiger partial charge in [-0.2, -0.15) is 5.10 Å². The SMILES string of the molecule is COc1ccc(CN(C)C(=O)/C=C/c2cnn(C)c2)cc1F. The third-order valence-electron chi connectivity index (χ3n) is 3.16. The third-order valence-corrected chi connectivity index (χ3v) is 3.16. The Kier molecular flexibility index (Phi) is 4.93. The largest absolute Gasteiger partial charge is 0.494 e. The normalized spacial score (nSPS) is 10.9. The number of amides is 1. The summed E-state index contributed by atoms with van der Waals surface area (Å²) < 4.78 is 20.2. The molecule has 1 aromatic heterocycles. The number of hydrogen-bond acceptors (Lipinski definition) is 3. The Morgan fingerprint density at radius 2 is 2.27 bits per heavy atom. The van der Waals surface area contributed by atoms with Crippen LogP contribution in [0.3, 0.4) is 0 Å². The molecule has 0 N–H and O–H groups in total. The van der Waals surface area contributed by atoms with Crippen molar-refractivity contribution in [3.8, 4) is 5.75 Å². The molecular formula is C16H18FN3O2. The summed E-state index contributed by atoms with van der Waals surface area (Å²) in [5.74, 6) is -0.416. The number of carbonyl (C=O) groups is 1. The summed E-state index contributed by atoms with van der Waals surface area (Å²) in [6.07, 6.45) is 6.64. The van der Waals surface area contributed by atoms with E-state index in [0.717, 1.165) is 5.56 Å². The number of hydrogen-bond donors (Lipinski definition) is 0. The molecule has 22 heavy (non-hydrogen) atoms. The maximum atomic E-state index is 13.6. The second-order valence-corrected chi connectivity index (χ2v) is 4.94. The van der Waals surface area contributed by atoms with Gasteiger partial charge in [-0.15, -0.1) is 0 Å². The molecule has 0 aliphatic rings. The molecule has 2 rings (SSSR count). The number of likely N-dealkylation sites (N-methyl/N-ethyl adjacent to an activating group) is 1. The van der Waals surface area contributed by atoms with E-state index < -0.39 is 5.82 Å². The predicted molar refractivity (Wildman–Crippen MR) is 81.7 cm³/mol. The zero-order valence-corrected chi connectivity index (χ0v) is 12.8. The molecule has 5 nitrogen and oxygen atoms in total. The smallest absolute Gasteiger partial charge is 0.246 e. The lowest BCUT2D eigenvalue weighted by Crippen LogP contribution is -2.24. The third kappa shape index (κ3) is 3.94.